The lowest BCUT2D eigenvalue weighted by atomic mass is 10.3. The molecule has 0 saturated carbocycles. The molecule has 0 amide bonds. The Labute approximate surface area is 111 Å². The van der Waals surface area contributed by atoms with Crippen LogP contribution in [-0.4, -0.2) is 43.4 Å². The molecule has 0 bridgehead atoms. The molecule has 102 valence electrons. The molecule has 0 aliphatic carbocycles. The molecule has 0 unspecified atom stereocenters. The van der Waals surface area contributed by atoms with E-state index in [0.29, 0.717) is 38.0 Å². The summed E-state index contributed by atoms with van der Waals surface area (Å²) in [5, 5.41) is 3.12. The molecule has 0 fully saturated rings. The van der Waals surface area contributed by atoms with Crippen LogP contribution in [0.3, 0.4) is 0 Å². The maximum atomic E-state index is 5.85. The first-order chi connectivity index (χ1) is 9.31. The van der Waals surface area contributed by atoms with Crippen molar-refractivity contribution in [2.75, 3.05) is 44.5 Å². The van der Waals surface area contributed by atoms with Gasteiger partial charge in [-0.25, -0.2) is 9.97 Å². The molecule has 0 atom stereocenters. The third kappa shape index (κ3) is 3.77. The van der Waals surface area contributed by atoms with Crippen LogP contribution < -0.4 is 11.1 Å². The molecule has 0 spiro atoms. The minimum Gasteiger partial charge on any atom is -0.382 e. The summed E-state index contributed by atoms with van der Waals surface area (Å²) in [6.45, 7) is 2.37. The topological polar surface area (TPSA) is 82.3 Å². The van der Waals surface area contributed by atoms with Crippen molar-refractivity contribution in [1.82, 2.24) is 9.97 Å². The summed E-state index contributed by atoms with van der Waals surface area (Å²) < 4.78 is 10.2. The van der Waals surface area contributed by atoms with Crippen molar-refractivity contribution in [2.24, 2.45) is 0 Å². The van der Waals surface area contributed by atoms with Crippen molar-refractivity contribution in [2.45, 2.75) is 0 Å². The highest BCUT2D eigenvalue weighted by Crippen LogP contribution is 2.17. The summed E-state index contributed by atoms with van der Waals surface area (Å²) in [6, 6.07) is 7.62. The lowest BCUT2D eigenvalue weighted by molar-refractivity contribution is 0.0759. The average Bonchev–Trinajstić information content (AvgIpc) is 2.43. The number of nitrogen functional groups attached to an aromatic ring is 1. The largest absolute Gasteiger partial charge is 0.382 e. The van der Waals surface area contributed by atoms with E-state index in [-0.39, 0.29) is 0 Å². The number of aromatic nitrogens is 2. The molecular formula is C13H18N4O2. The van der Waals surface area contributed by atoms with E-state index in [9.17, 15) is 0 Å². The second-order valence-corrected chi connectivity index (χ2v) is 3.98. The van der Waals surface area contributed by atoms with Crippen LogP contribution in [0.1, 0.15) is 0 Å². The van der Waals surface area contributed by atoms with Crippen LogP contribution in [0.25, 0.3) is 11.0 Å². The number of nitrogens with one attached hydrogen (secondary N) is 1. The third-order valence-electron chi connectivity index (χ3n) is 2.57. The van der Waals surface area contributed by atoms with Gasteiger partial charge in [0.1, 0.15) is 0 Å². The standard InChI is InChI=1S/C13H18N4O2/c1-18-8-9-19-7-6-15-13-12(14)16-10-4-2-3-5-11(10)17-13/h2-5H,6-9H2,1H3,(H2,14,16)(H,15,17). The molecule has 0 aliphatic rings. The van der Waals surface area contributed by atoms with E-state index in [1.54, 1.807) is 7.11 Å². The molecular weight excluding hydrogens is 244 g/mol. The molecule has 0 aliphatic heterocycles. The highest BCUT2D eigenvalue weighted by Gasteiger charge is 2.04. The summed E-state index contributed by atoms with van der Waals surface area (Å²) in [6.07, 6.45) is 0. The normalized spacial score (nSPS) is 10.8. The van der Waals surface area contributed by atoms with Gasteiger partial charge in [-0.15, -0.1) is 0 Å². The van der Waals surface area contributed by atoms with Crippen LogP contribution in [0.5, 0.6) is 0 Å². The Bertz CT molecular complexity index is 533. The molecule has 1 aromatic carbocycles. The molecule has 2 rings (SSSR count). The quantitative estimate of drug-likeness (QED) is 0.732. The molecule has 3 N–H and O–H groups in total. The fraction of sp³-hybridized carbons (Fsp3) is 0.385. The number of methoxy groups -OCH3 is 1. The lowest BCUT2D eigenvalue weighted by Crippen LogP contribution is -2.14. The van der Waals surface area contributed by atoms with E-state index in [1.165, 1.54) is 0 Å². The maximum absolute atomic E-state index is 5.85. The fourth-order valence-electron chi connectivity index (χ4n) is 1.63. The Morgan fingerprint density at radius 2 is 1.84 bits per heavy atom. The van der Waals surface area contributed by atoms with Crippen molar-refractivity contribution in [1.29, 1.82) is 0 Å². The van der Waals surface area contributed by atoms with Gasteiger partial charge in [0.15, 0.2) is 11.6 Å². The average molecular weight is 262 g/mol. The number of para-hydroxylation sites is 2. The van der Waals surface area contributed by atoms with Gasteiger partial charge >= 0.3 is 0 Å². The Hall–Kier alpha value is -1.92. The minimum atomic E-state index is 0.399. The zero-order valence-corrected chi connectivity index (χ0v) is 10.9. The van der Waals surface area contributed by atoms with E-state index >= 15 is 0 Å². The summed E-state index contributed by atoms with van der Waals surface area (Å²) in [5.41, 5.74) is 7.46. The molecule has 6 heteroatoms. The smallest absolute Gasteiger partial charge is 0.169 e. The van der Waals surface area contributed by atoms with Gasteiger partial charge in [0.2, 0.25) is 0 Å². The Balaban J connectivity index is 1.91. The van der Waals surface area contributed by atoms with E-state index in [0.717, 1.165) is 11.0 Å². The molecule has 2 aromatic rings. The number of fused-ring (bicyclic) bond motifs is 1. The maximum Gasteiger partial charge on any atom is 0.169 e. The molecule has 0 radical (unpaired) electrons. The van der Waals surface area contributed by atoms with Gasteiger partial charge < -0.3 is 20.5 Å². The van der Waals surface area contributed by atoms with Gasteiger partial charge in [0, 0.05) is 13.7 Å². The second kappa shape index (κ2) is 6.86. The van der Waals surface area contributed by atoms with Gasteiger partial charge in [-0.2, -0.15) is 0 Å². The summed E-state index contributed by atoms with van der Waals surface area (Å²) in [4.78, 5) is 8.73. The number of nitrogens with zero attached hydrogens (tertiary/aromatic N) is 2. The second-order valence-electron chi connectivity index (χ2n) is 3.98. The van der Waals surface area contributed by atoms with Crippen molar-refractivity contribution in [3.8, 4) is 0 Å². The Kier molecular flexibility index (Phi) is 4.88. The summed E-state index contributed by atoms with van der Waals surface area (Å²) >= 11 is 0. The van der Waals surface area contributed by atoms with Gasteiger partial charge in [-0.3, -0.25) is 0 Å². The minimum absolute atomic E-state index is 0.399. The van der Waals surface area contributed by atoms with Gasteiger partial charge in [0.25, 0.3) is 0 Å². The first-order valence-corrected chi connectivity index (χ1v) is 6.14. The van der Waals surface area contributed by atoms with Crippen LogP contribution in [0.4, 0.5) is 11.6 Å². The van der Waals surface area contributed by atoms with Gasteiger partial charge in [-0.1, -0.05) is 12.1 Å². The SMILES string of the molecule is COCCOCCNc1nc2ccccc2nc1N. The van der Waals surface area contributed by atoms with Crippen LogP contribution >= 0.6 is 0 Å². The van der Waals surface area contributed by atoms with E-state index in [4.69, 9.17) is 15.2 Å². The van der Waals surface area contributed by atoms with E-state index < -0.39 is 0 Å². The number of nitrogens with two attached hydrogens (primary N) is 1. The summed E-state index contributed by atoms with van der Waals surface area (Å²) in [5.74, 6) is 0.990. The van der Waals surface area contributed by atoms with Crippen LogP contribution in [0.15, 0.2) is 24.3 Å². The van der Waals surface area contributed by atoms with Gasteiger partial charge in [-0.05, 0) is 12.1 Å². The van der Waals surface area contributed by atoms with Crippen LogP contribution in [-0.2, 0) is 9.47 Å². The van der Waals surface area contributed by atoms with Crippen LogP contribution in [0.2, 0.25) is 0 Å². The highest BCUT2D eigenvalue weighted by atomic mass is 16.5. The van der Waals surface area contributed by atoms with Gasteiger partial charge in [0.05, 0.1) is 30.9 Å². The van der Waals surface area contributed by atoms with Crippen molar-refractivity contribution < 1.29 is 9.47 Å². The third-order valence-corrected chi connectivity index (χ3v) is 2.57. The Morgan fingerprint density at radius 3 is 2.58 bits per heavy atom. The number of rotatable bonds is 7. The van der Waals surface area contributed by atoms with Crippen molar-refractivity contribution in [3.05, 3.63) is 24.3 Å². The van der Waals surface area contributed by atoms with Crippen LogP contribution in [0, 0.1) is 0 Å². The zero-order chi connectivity index (χ0) is 13.5. The van der Waals surface area contributed by atoms with Crippen molar-refractivity contribution >= 4 is 22.7 Å². The highest BCUT2D eigenvalue weighted by molar-refractivity contribution is 5.79. The first-order valence-electron chi connectivity index (χ1n) is 6.14. The first kappa shape index (κ1) is 13.5. The van der Waals surface area contributed by atoms with E-state index in [1.807, 2.05) is 24.3 Å². The monoisotopic (exact) mass is 262 g/mol. The van der Waals surface area contributed by atoms with Crippen molar-refractivity contribution in [3.63, 3.8) is 0 Å². The van der Waals surface area contributed by atoms with E-state index in [2.05, 4.69) is 15.3 Å². The predicted molar refractivity (Wildman–Crippen MR) is 75.1 cm³/mol. The number of anilines is 2. The molecule has 0 saturated heterocycles. The molecule has 6 nitrogen and oxygen atoms in total. The number of ether oxygens (including phenoxy) is 2. The number of benzene rings is 1. The molecule has 1 aromatic heterocycles. The molecule has 1 heterocycles. The Morgan fingerprint density at radius 1 is 1.11 bits per heavy atom. The molecule has 19 heavy (non-hydrogen) atoms. The fourth-order valence-corrected chi connectivity index (χ4v) is 1.63. The zero-order valence-electron chi connectivity index (χ0n) is 10.9. The number of hydrogen-bond donors (Lipinski definition) is 2. The predicted octanol–water partition coefficient (Wildman–Crippen LogP) is 1.29. The summed E-state index contributed by atoms with van der Waals surface area (Å²) in [7, 11) is 1.65. The lowest BCUT2D eigenvalue weighted by Gasteiger charge is -2.09. The number of hydrogen-bond acceptors (Lipinski definition) is 6.